The quantitative estimate of drug-likeness (QED) is 0.907. The van der Waals surface area contributed by atoms with Crippen molar-refractivity contribution in [1.29, 1.82) is 0 Å². The highest BCUT2D eigenvalue weighted by atomic mass is 32.1. The van der Waals surface area contributed by atoms with Gasteiger partial charge in [-0.25, -0.2) is 0 Å². The molecule has 3 rings (SSSR count). The first-order valence-corrected chi connectivity index (χ1v) is 9.39. The maximum absolute atomic E-state index is 3.69. The minimum atomic E-state index is 0.296. The molecule has 0 saturated carbocycles. The average molecular weight is 307 g/mol. The van der Waals surface area contributed by atoms with Crippen LogP contribution in [0.2, 0.25) is 0 Å². The molecule has 118 valence electrons. The lowest BCUT2D eigenvalue weighted by Gasteiger charge is -2.34. The first kappa shape index (κ1) is 15.5. The summed E-state index contributed by atoms with van der Waals surface area (Å²) < 4.78 is 0. The summed E-state index contributed by atoms with van der Waals surface area (Å²) in [6.45, 7) is 11.9. The summed E-state index contributed by atoms with van der Waals surface area (Å²) in [4.78, 5) is 5.71. The Morgan fingerprint density at radius 1 is 1.19 bits per heavy atom. The third kappa shape index (κ3) is 3.88. The zero-order chi connectivity index (χ0) is 14.9. The molecule has 0 aromatic carbocycles. The highest BCUT2D eigenvalue weighted by Crippen LogP contribution is 2.31. The van der Waals surface area contributed by atoms with Gasteiger partial charge in [0.25, 0.3) is 0 Å². The van der Waals surface area contributed by atoms with E-state index >= 15 is 0 Å². The molecule has 2 saturated heterocycles. The molecule has 2 nitrogen and oxygen atoms in total. The lowest BCUT2D eigenvalue weighted by molar-refractivity contribution is 0.158. The molecular weight excluding hydrogens is 276 g/mol. The molecule has 1 aromatic rings. The van der Waals surface area contributed by atoms with E-state index in [1.54, 1.807) is 0 Å². The number of rotatable bonds is 3. The van der Waals surface area contributed by atoms with Crippen LogP contribution in [0.15, 0.2) is 12.1 Å². The van der Waals surface area contributed by atoms with Crippen LogP contribution < -0.4 is 5.32 Å². The summed E-state index contributed by atoms with van der Waals surface area (Å²) >= 11 is 2.01. The van der Waals surface area contributed by atoms with E-state index in [1.807, 2.05) is 11.3 Å². The predicted octanol–water partition coefficient (Wildman–Crippen LogP) is 4.01. The van der Waals surface area contributed by atoms with E-state index in [9.17, 15) is 0 Å². The number of thiophene rings is 1. The van der Waals surface area contributed by atoms with Crippen LogP contribution in [-0.2, 0) is 12.0 Å². The van der Waals surface area contributed by atoms with Crippen molar-refractivity contribution in [1.82, 2.24) is 10.2 Å². The molecule has 0 spiro atoms. The normalized spacial score (nSPS) is 25.6. The number of hydrogen-bond acceptors (Lipinski definition) is 3. The van der Waals surface area contributed by atoms with Crippen molar-refractivity contribution in [2.24, 2.45) is 5.92 Å². The molecule has 3 heteroatoms. The largest absolute Gasteiger partial charge is 0.314 e. The molecule has 3 heterocycles. The van der Waals surface area contributed by atoms with Crippen molar-refractivity contribution in [3.63, 3.8) is 0 Å². The summed E-state index contributed by atoms with van der Waals surface area (Å²) in [5.74, 6) is 0.928. The standard InChI is InChI=1S/C18H30N2S/c1-18(2,3)17-7-6-15(21-17)13-20-11-8-14(9-12-20)16-5-4-10-19-16/h6-7,14,16,19H,4-5,8-13H2,1-3H3. The van der Waals surface area contributed by atoms with E-state index < -0.39 is 0 Å². The van der Waals surface area contributed by atoms with E-state index in [0.717, 1.165) is 18.5 Å². The molecule has 0 aliphatic carbocycles. The molecule has 1 atom stereocenters. The summed E-state index contributed by atoms with van der Waals surface area (Å²) in [5, 5.41) is 3.69. The lowest BCUT2D eigenvalue weighted by atomic mass is 9.88. The summed E-state index contributed by atoms with van der Waals surface area (Å²) in [7, 11) is 0. The fourth-order valence-electron chi connectivity index (χ4n) is 3.71. The zero-order valence-electron chi connectivity index (χ0n) is 13.8. The molecule has 1 aromatic heterocycles. The molecule has 1 unspecified atom stereocenters. The number of likely N-dealkylation sites (tertiary alicyclic amines) is 1. The Hall–Kier alpha value is -0.380. The maximum atomic E-state index is 3.69. The average Bonchev–Trinajstić information content (AvgIpc) is 3.09. The van der Waals surface area contributed by atoms with Crippen molar-refractivity contribution in [2.75, 3.05) is 19.6 Å². The summed E-state index contributed by atoms with van der Waals surface area (Å²) in [6.07, 6.45) is 5.56. The smallest absolute Gasteiger partial charge is 0.0328 e. The van der Waals surface area contributed by atoms with Crippen LogP contribution in [0.5, 0.6) is 0 Å². The van der Waals surface area contributed by atoms with Gasteiger partial charge >= 0.3 is 0 Å². The van der Waals surface area contributed by atoms with Crippen molar-refractivity contribution < 1.29 is 0 Å². The van der Waals surface area contributed by atoms with Gasteiger partial charge < -0.3 is 5.32 Å². The van der Waals surface area contributed by atoms with Gasteiger partial charge in [-0.1, -0.05) is 20.8 Å². The van der Waals surface area contributed by atoms with Gasteiger partial charge in [-0.05, 0) is 68.8 Å². The Labute approximate surface area is 133 Å². The minimum absolute atomic E-state index is 0.296. The van der Waals surface area contributed by atoms with E-state index in [2.05, 4.69) is 43.1 Å². The molecule has 2 aliphatic heterocycles. The van der Waals surface area contributed by atoms with Crippen molar-refractivity contribution in [3.05, 3.63) is 21.9 Å². The van der Waals surface area contributed by atoms with Gasteiger partial charge in [0, 0.05) is 22.3 Å². The number of hydrogen-bond donors (Lipinski definition) is 1. The molecule has 1 N–H and O–H groups in total. The first-order valence-electron chi connectivity index (χ1n) is 8.57. The topological polar surface area (TPSA) is 15.3 Å². The van der Waals surface area contributed by atoms with Crippen LogP contribution in [0.3, 0.4) is 0 Å². The minimum Gasteiger partial charge on any atom is -0.314 e. The SMILES string of the molecule is CC(C)(C)c1ccc(CN2CCC(C3CCCN3)CC2)s1. The van der Waals surface area contributed by atoms with Crippen molar-refractivity contribution >= 4 is 11.3 Å². The maximum Gasteiger partial charge on any atom is 0.0328 e. The third-order valence-corrected chi connectivity index (χ3v) is 6.58. The van der Waals surface area contributed by atoms with Crippen LogP contribution in [0.1, 0.15) is 56.2 Å². The van der Waals surface area contributed by atoms with Crippen LogP contribution in [0.4, 0.5) is 0 Å². The van der Waals surface area contributed by atoms with E-state index in [1.165, 1.54) is 55.1 Å². The van der Waals surface area contributed by atoms with Crippen molar-refractivity contribution in [2.45, 2.75) is 64.5 Å². The molecule has 21 heavy (non-hydrogen) atoms. The molecule has 2 fully saturated rings. The number of nitrogens with zero attached hydrogens (tertiary/aromatic N) is 1. The van der Waals surface area contributed by atoms with E-state index in [0.29, 0.717) is 5.41 Å². The van der Waals surface area contributed by atoms with Crippen LogP contribution >= 0.6 is 11.3 Å². The highest BCUT2D eigenvalue weighted by molar-refractivity contribution is 7.12. The second-order valence-electron chi connectivity index (χ2n) is 7.83. The molecule has 0 radical (unpaired) electrons. The Bertz CT molecular complexity index is 446. The lowest BCUT2D eigenvalue weighted by Crippen LogP contribution is -2.40. The predicted molar refractivity (Wildman–Crippen MR) is 92.0 cm³/mol. The Kier molecular flexibility index (Phi) is 4.72. The van der Waals surface area contributed by atoms with Gasteiger partial charge in [0.2, 0.25) is 0 Å². The van der Waals surface area contributed by atoms with Crippen LogP contribution in [-0.4, -0.2) is 30.6 Å². The highest BCUT2D eigenvalue weighted by Gasteiger charge is 2.28. The van der Waals surface area contributed by atoms with Crippen LogP contribution in [0, 0.1) is 5.92 Å². The Morgan fingerprint density at radius 2 is 1.95 bits per heavy atom. The van der Waals surface area contributed by atoms with Crippen LogP contribution in [0.25, 0.3) is 0 Å². The van der Waals surface area contributed by atoms with Crippen molar-refractivity contribution in [3.8, 4) is 0 Å². The second-order valence-corrected chi connectivity index (χ2v) is 9.00. The van der Waals surface area contributed by atoms with Gasteiger partial charge in [-0.15, -0.1) is 11.3 Å². The molecular formula is C18H30N2S. The monoisotopic (exact) mass is 306 g/mol. The van der Waals surface area contributed by atoms with Gasteiger partial charge in [0.1, 0.15) is 0 Å². The Balaban J connectivity index is 1.50. The van der Waals surface area contributed by atoms with E-state index in [-0.39, 0.29) is 0 Å². The molecule has 0 bridgehead atoms. The second kappa shape index (κ2) is 6.39. The summed E-state index contributed by atoms with van der Waals surface area (Å²) in [6, 6.07) is 5.49. The summed E-state index contributed by atoms with van der Waals surface area (Å²) in [5.41, 5.74) is 0.296. The van der Waals surface area contributed by atoms with Gasteiger partial charge in [-0.2, -0.15) is 0 Å². The van der Waals surface area contributed by atoms with Gasteiger partial charge in [0.05, 0.1) is 0 Å². The Morgan fingerprint density at radius 3 is 2.52 bits per heavy atom. The molecule has 0 amide bonds. The van der Waals surface area contributed by atoms with Gasteiger partial charge in [-0.3, -0.25) is 4.90 Å². The van der Waals surface area contributed by atoms with Gasteiger partial charge in [0.15, 0.2) is 0 Å². The fraction of sp³-hybridized carbons (Fsp3) is 0.778. The fourth-order valence-corrected chi connectivity index (χ4v) is 4.82. The molecule has 2 aliphatic rings. The zero-order valence-corrected chi connectivity index (χ0v) is 14.6. The van der Waals surface area contributed by atoms with E-state index in [4.69, 9.17) is 0 Å². The third-order valence-electron chi connectivity index (χ3n) is 5.08. The number of piperidine rings is 1. The number of nitrogens with one attached hydrogen (secondary N) is 1. The first-order chi connectivity index (χ1) is 10.0.